The van der Waals surface area contributed by atoms with Gasteiger partial charge in [-0.2, -0.15) is 0 Å². The van der Waals surface area contributed by atoms with Gasteiger partial charge in [0.1, 0.15) is 6.61 Å². The van der Waals surface area contributed by atoms with Crippen LogP contribution in [-0.4, -0.2) is 33.0 Å². The molecule has 0 saturated heterocycles. The number of hydrogen-bond donors (Lipinski definition) is 1. The number of ether oxygens (including phenoxy) is 1. The molecule has 1 fully saturated rings. The topological polar surface area (TPSA) is 81.4 Å². The summed E-state index contributed by atoms with van der Waals surface area (Å²) in [5.41, 5.74) is 0.816. The highest BCUT2D eigenvalue weighted by Gasteiger charge is 2.49. The third-order valence-electron chi connectivity index (χ3n) is 4.18. The minimum absolute atomic E-state index is 0.00662. The van der Waals surface area contributed by atoms with E-state index >= 15 is 0 Å². The lowest BCUT2D eigenvalue weighted by Crippen LogP contribution is -2.58. The Hall–Kier alpha value is -0.920. The van der Waals surface area contributed by atoms with E-state index in [0.29, 0.717) is 18.3 Å². The van der Waals surface area contributed by atoms with Crippen molar-refractivity contribution >= 4 is 10.0 Å². The molecule has 1 aromatic heterocycles. The summed E-state index contributed by atoms with van der Waals surface area (Å²) in [6.45, 7) is 4.58. The van der Waals surface area contributed by atoms with E-state index in [4.69, 9.17) is 9.26 Å². The van der Waals surface area contributed by atoms with Crippen molar-refractivity contribution < 1.29 is 17.7 Å². The molecule has 0 spiro atoms. The van der Waals surface area contributed by atoms with Crippen LogP contribution in [0.5, 0.6) is 0 Å². The van der Waals surface area contributed by atoms with Gasteiger partial charge in [0, 0.05) is 19.2 Å². The molecule has 1 saturated carbocycles. The number of nitrogens with zero attached hydrogens (tertiary/aromatic N) is 1. The quantitative estimate of drug-likeness (QED) is 0.857. The smallest absolute Gasteiger partial charge is 0.208 e. The van der Waals surface area contributed by atoms with Gasteiger partial charge in [0.25, 0.3) is 0 Å². The second-order valence-corrected chi connectivity index (χ2v) is 7.90. The minimum atomic E-state index is -3.16. The van der Waals surface area contributed by atoms with Crippen molar-refractivity contribution in [3.05, 3.63) is 17.5 Å². The lowest BCUT2D eigenvalue weighted by Gasteiger charge is -2.52. The molecule has 0 aliphatic heterocycles. The van der Waals surface area contributed by atoms with Crippen LogP contribution in [0.3, 0.4) is 0 Å². The Morgan fingerprint density at radius 3 is 2.80 bits per heavy atom. The fourth-order valence-corrected chi connectivity index (χ4v) is 3.65. The van der Waals surface area contributed by atoms with Gasteiger partial charge in [0.2, 0.25) is 10.0 Å². The largest absolute Gasteiger partial charge is 0.377 e. The Labute approximate surface area is 119 Å². The zero-order valence-corrected chi connectivity index (χ0v) is 13.2. The van der Waals surface area contributed by atoms with Gasteiger partial charge in [0.15, 0.2) is 5.76 Å². The monoisotopic (exact) mass is 302 g/mol. The van der Waals surface area contributed by atoms with Crippen LogP contribution in [0.25, 0.3) is 0 Å². The van der Waals surface area contributed by atoms with Gasteiger partial charge in [-0.15, -0.1) is 0 Å². The minimum Gasteiger partial charge on any atom is -0.377 e. The van der Waals surface area contributed by atoms with Crippen molar-refractivity contribution in [3.63, 3.8) is 0 Å². The fourth-order valence-electron chi connectivity index (χ4n) is 2.74. The van der Waals surface area contributed by atoms with Crippen molar-refractivity contribution in [2.45, 2.75) is 39.3 Å². The van der Waals surface area contributed by atoms with E-state index in [1.165, 1.54) is 6.26 Å². The lowest BCUT2D eigenvalue weighted by molar-refractivity contribution is 0.0271. The highest BCUT2D eigenvalue weighted by molar-refractivity contribution is 7.88. The Balaban J connectivity index is 1.95. The maximum absolute atomic E-state index is 11.3. The number of sulfonamides is 1. The summed E-state index contributed by atoms with van der Waals surface area (Å²) in [7, 11) is -1.55. The van der Waals surface area contributed by atoms with E-state index in [0.717, 1.165) is 18.5 Å². The van der Waals surface area contributed by atoms with Gasteiger partial charge in [-0.1, -0.05) is 19.0 Å². The highest BCUT2D eigenvalue weighted by Crippen LogP contribution is 2.47. The summed E-state index contributed by atoms with van der Waals surface area (Å²) in [6.07, 6.45) is 2.82. The second kappa shape index (κ2) is 5.46. The maximum atomic E-state index is 11.3. The summed E-state index contributed by atoms with van der Waals surface area (Å²) in [6, 6.07) is 1.89. The first kappa shape index (κ1) is 15.5. The van der Waals surface area contributed by atoms with Gasteiger partial charge in [-0.3, -0.25) is 0 Å². The number of hydrogen-bond acceptors (Lipinski definition) is 5. The standard InChI is InChI=1S/C13H22N2O4S/c1-13(2)9(6-12(13)15-20(4,16)17)5-10-7-11(8-18-3)19-14-10/h7,9,12,15H,5-6,8H2,1-4H3/t9-,12+/m1/s1. The van der Waals surface area contributed by atoms with Gasteiger partial charge < -0.3 is 9.26 Å². The van der Waals surface area contributed by atoms with Crippen LogP contribution in [0.2, 0.25) is 0 Å². The molecule has 6 nitrogen and oxygen atoms in total. The molecule has 0 bridgehead atoms. The van der Waals surface area contributed by atoms with Gasteiger partial charge in [-0.05, 0) is 24.2 Å². The first-order valence-electron chi connectivity index (χ1n) is 6.63. The molecule has 1 heterocycles. The molecule has 1 aromatic rings. The van der Waals surface area contributed by atoms with E-state index in [1.54, 1.807) is 7.11 Å². The molecule has 1 N–H and O–H groups in total. The number of aromatic nitrogens is 1. The average molecular weight is 302 g/mol. The van der Waals surface area contributed by atoms with Crippen molar-refractivity contribution in [2.24, 2.45) is 11.3 Å². The Bertz CT molecular complexity index is 565. The predicted octanol–water partition coefficient (Wildman–Crippen LogP) is 1.33. The summed E-state index contributed by atoms with van der Waals surface area (Å²) < 4.78 is 35.5. The van der Waals surface area contributed by atoms with Gasteiger partial charge in [-0.25, -0.2) is 13.1 Å². The zero-order chi connectivity index (χ0) is 15.0. The molecule has 1 aliphatic rings. The molecule has 0 unspecified atom stereocenters. The molecule has 2 rings (SSSR count). The number of nitrogens with one attached hydrogen (secondary N) is 1. The Kier molecular flexibility index (Phi) is 4.22. The second-order valence-electron chi connectivity index (χ2n) is 6.12. The normalized spacial score (nSPS) is 25.4. The summed E-state index contributed by atoms with van der Waals surface area (Å²) in [4.78, 5) is 0. The van der Waals surface area contributed by atoms with E-state index in [2.05, 4.69) is 23.7 Å². The summed E-state index contributed by atoms with van der Waals surface area (Å²) >= 11 is 0. The summed E-state index contributed by atoms with van der Waals surface area (Å²) in [5.74, 6) is 1.10. The van der Waals surface area contributed by atoms with Crippen LogP contribution in [0.1, 0.15) is 31.7 Å². The van der Waals surface area contributed by atoms with Crippen molar-refractivity contribution in [1.29, 1.82) is 0 Å². The van der Waals surface area contributed by atoms with Gasteiger partial charge in [0.05, 0.1) is 11.9 Å². The molecule has 2 atom stereocenters. The Morgan fingerprint density at radius 2 is 2.25 bits per heavy atom. The summed E-state index contributed by atoms with van der Waals surface area (Å²) in [5, 5.41) is 4.03. The number of methoxy groups -OCH3 is 1. The molecule has 0 aromatic carbocycles. The molecule has 7 heteroatoms. The zero-order valence-electron chi connectivity index (χ0n) is 12.3. The van der Waals surface area contributed by atoms with Crippen LogP contribution >= 0.6 is 0 Å². The maximum Gasteiger partial charge on any atom is 0.208 e. The molecular weight excluding hydrogens is 280 g/mol. The van der Waals surface area contributed by atoms with Crippen molar-refractivity contribution in [2.75, 3.05) is 13.4 Å². The van der Waals surface area contributed by atoms with Crippen LogP contribution in [-0.2, 0) is 27.8 Å². The van der Waals surface area contributed by atoms with Crippen LogP contribution < -0.4 is 4.72 Å². The molecule has 20 heavy (non-hydrogen) atoms. The first-order chi connectivity index (χ1) is 9.22. The molecule has 0 amide bonds. The Morgan fingerprint density at radius 1 is 1.55 bits per heavy atom. The molecule has 114 valence electrons. The third-order valence-corrected chi connectivity index (χ3v) is 4.89. The van der Waals surface area contributed by atoms with E-state index in [9.17, 15) is 8.42 Å². The molecule has 0 radical (unpaired) electrons. The van der Waals surface area contributed by atoms with Crippen molar-refractivity contribution in [1.82, 2.24) is 9.88 Å². The SMILES string of the molecule is COCc1cc(C[C@@H]2C[C@H](NS(C)(=O)=O)C2(C)C)no1. The average Bonchev–Trinajstić information content (AvgIpc) is 2.74. The first-order valence-corrected chi connectivity index (χ1v) is 8.52. The van der Waals surface area contributed by atoms with Gasteiger partial charge >= 0.3 is 0 Å². The predicted molar refractivity (Wildman–Crippen MR) is 74.6 cm³/mol. The number of rotatable bonds is 6. The van der Waals surface area contributed by atoms with E-state index in [1.807, 2.05) is 6.07 Å². The van der Waals surface area contributed by atoms with Crippen LogP contribution in [0, 0.1) is 11.3 Å². The molecule has 1 aliphatic carbocycles. The third kappa shape index (κ3) is 3.39. The highest BCUT2D eigenvalue weighted by atomic mass is 32.2. The van der Waals surface area contributed by atoms with Crippen LogP contribution in [0.15, 0.2) is 10.6 Å². The van der Waals surface area contributed by atoms with E-state index < -0.39 is 10.0 Å². The lowest BCUT2D eigenvalue weighted by atomic mass is 9.57. The fraction of sp³-hybridized carbons (Fsp3) is 0.769. The van der Waals surface area contributed by atoms with E-state index in [-0.39, 0.29) is 11.5 Å². The van der Waals surface area contributed by atoms with Crippen LogP contribution in [0.4, 0.5) is 0 Å². The molecular formula is C13H22N2O4S. The van der Waals surface area contributed by atoms with Crippen molar-refractivity contribution in [3.8, 4) is 0 Å².